The van der Waals surface area contributed by atoms with Gasteiger partial charge in [-0.3, -0.25) is 9.59 Å². The third-order valence-electron chi connectivity index (χ3n) is 8.64. The second kappa shape index (κ2) is 7.84. The van der Waals surface area contributed by atoms with E-state index in [0.29, 0.717) is 34.0 Å². The van der Waals surface area contributed by atoms with E-state index in [0.717, 1.165) is 61.0 Å². The topological polar surface area (TPSA) is 89.1 Å². The summed E-state index contributed by atoms with van der Waals surface area (Å²) in [6.07, 6.45) is 8.80. The molecule has 0 unspecified atom stereocenters. The van der Waals surface area contributed by atoms with E-state index in [1.807, 2.05) is 36.9 Å². The summed E-state index contributed by atoms with van der Waals surface area (Å²) >= 11 is 0. The molecule has 1 aliphatic heterocycles. The lowest BCUT2D eigenvalue weighted by Crippen LogP contribution is -2.68. The van der Waals surface area contributed by atoms with Crippen LogP contribution in [0.2, 0.25) is 0 Å². The second-order valence-corrected chi connectivity index (χ2v) is 11.2. The van der Waals surface area contributed by atoms with Crippen LogP contribution in [0, 0.1) is 19.8 Å². The number of fused-ring (bicyclic) bond motifs is 2. The SMILES string of the molecule is Cc1oc2cc(Oc3ccnn4cc(C(=O)N5CCC[C@H]5C)c(C)c34)ccc2c1C(=O)NC12CC(C1)C2. The average molecular weight is 499 g/mol. The first kappa shape index (κ1) is 22.4. The second-order valence-electron chi connectivity index (χ2n) is 11.2. The highest BCUT2D eigenvalue weighted by molar-refractivity contribution is 6.08. The van der Waals surface area contributed by atoms with E-state index in [1.165, 1.54) is 0 Å². The maximum absolute atomic E-state index is 13.3. The number of carbonyl (C=O) groups is 2. The third-order valence-corrected chi connectivity index (χ3v) is 8.64. The molecule has 4 aromatic rings. The fraction of sp³-hybridized carbons (Fsp3) is 0.414. The van der Waals surface area contributed by atoms with Crippen molar-refractivity contribution in [3.05, 3.63) is 59.1 Å². The van der Waals surface area contributed by atoms with Gasteiger partial charge in [-0.15, -0.1) is 0 Å². The maximum Gasteiger partial charge on any atom is 0.256 e. The number of amides is 2. The van der Waals surface area contributed by atoms with Crippen molar-refractivity contribution in [2.45, 2.75) is 64.5 Å². The predicted molar refractivity (Wildman–Crippen MR) is 138 cm³/mol. The summed E-state index contributed by atoms with van der Waals surface area (Å²) in [5.74, 6) is 2.56. The van der Waals surface area contributed by atoms with Gasteiger partial charge in [0.05, 0.1) is 17.3 Å². The molecule has 1 N–H and O–H groups in total. The van der Waals surface area contributed by atoms with Crippen LogP contribution in [-0.4, -0.2) is 44.5 Å². The minimum Gasteiger partial charge on any atom is -0.460 e. The van der Waals surface area contributed by atoms with Crippen molar-refractivity contribution in [1.82, 2.24) is 19.8 Å². The van der Waals surface area contributed by atoms with Crippen LogP contribution in [0.4, 0.5) is 0 Å². The molecule has 190 valence electrons. The highest BCUT2D eigenvalue weighted by Crippen LogP contribution is 2.57. The summed E-state index contributed by atoms with van der Waals surface area (Å²) in [4.78, 5) is 28.3. The van der Waals surface area contributed by atoms with E-state index in [9.17, 15) is 9.59 Å². The van der Waals surface area contributed by atoms with Crippen molar-refractivity contribution in [3.63, 3.8) is 0 Å². The molecule has 1 saturated heterocycles. The highest BCUT2D eigenvalue weighted by Gasteiger charge is 2.57. The Balaban J connectivity index is 1.19. The number of nitrogens with one attached hydrogen (secondary N) is 1. The van der Waals surface area contributed by atoms with Crippen molar-refractivity contribution in [2.75, 3.05) is 6.54 Å². The molecule has 37 heavy (non-hydrogen) atoms. The Morgan fingerprint density at radius 1 is 1.19 bits per heavy atom. The number of hydrogen-bond donors (Lipinski definition) is 1. The summed E-state index contributed by atoms with van der Waals surface area (Å²) in [5, 5.41) is 8.44. The predicted octanol–water partition coefficient (Wildman–Crippen LogP) is 5.40. The number of rotatable bonds is 5. The van der Waals surface area contributed by atoms with Crippen LogP contribution >= 0.6 is 0 Å². The molecule has 0 spiro atoms. The van der Waals surface area contributed by atoms with E-state index in [1.54, 1.807) is 23.0 Å². The number of aryl methyl sites for hydroxylation is 2. The van der Waals surface area contributed by atoms with Crippen LogP contribution < -0.4 is 10.1 Å². The largest absolute Gasteiger partial charge is 0.460 e. The van der Waals surface area contributed by atoms with Crippen LogP contribution in [-0.2, 0) is 0 Å². The van der Waals surface area contributed by atoms with Crippen molar-refractivity contribution >= 4 is 28.3 Å². The molecule has 2 amide bonds. The van der Waals surface area contributed by atoms with Crippen LogP contribution in [0.1, 0.15) is 71.1 Å². The molecule has 4 heterocycles. The molecule has 8 heteroatoms. The number of likely N-dealkylation sites (tertiary alicyclic amines) is 1. The number of carbonyl (C=O) groups excluding carboxylic acids is 2. The van der Waals surface area contributed by atoms with Gasteiger partial charge in [-0.1, -0.05) is 0 Å². The molecule has 8 nitrogen and oxygen atoms in total. The molecule has 3 aliphatic carbocycles. The Bertz CT molecular complexity index is 1580. The van der Waals surface area contributed by atoms with Gasteiger partial charge in [0.2, 0.25) is 0 Å². The van der Waals surface area contributed by atoms with E-state index >= 15 is 0 Å². The number of furan rings is 1. The van der Waals surface area contributed by atoms with Gasteiger partial charge in [-0.2, -0.15) is 5.10 Å². The molecule has 1 atom stereocenters. The number of benzene rings is 1. The Hall–Kier alpha value is -3.81. The van der Waals surface area contributed by atoms with Gasteiger partial charge in [-0.05, 0) is 76.5 Å². The molecule has 4 fully saturated rings. The van der Waals surface area contributed by atoms with Gasteiger partial charge in [0, 0.05) is 41.8 Å². The van der Waals surface area contributed by atoms with Crippen LogP contribution in [0.25, 0.3) is 16.5 Å². The Morgan fingerprint density at radius 3 is 2.70 bits per heavy atom. The molecule has 3 aromatic heterocycles. The molecular formula is C29H30N4O4. The van der Waals surface area contributed by atoms with Crippen molar-refractivity contribution in [3.8, 4) is 11.5 Å². The quantitative estimate of drug-likeness (QED) is 0.398. The Morgan fingerprint density at radius 2 is 2.00 bits per heavy atom. The zero-order valence-electron chi connectivity index (χ0n) is 21.3. The van der Waals surface area contributed by atoms with Crippen molar-refractivity contribution in [1.29, 1.82) is 0 Å². The van der Waals surface area contributed by atoms with Gasteiger partial charge in [0.15, 0.2) is 5.75 Å². The molecule has 0 radical (unpaired) electrons. The lowest BCUT2D eigenvalue weighted by molar-refractivity contribution is -0.0438. The summed E-state index contributed by atoms with van der Waals surface area (Å²) in [5.41, 5.74) is 3.46. The number of ether oxygens (including phenoxy) is 1. The van der Waals surface area contributed by atoms with Gasteiger partial charge < -0.3 is 19.4 Å². The first-order valence-corrected chi connectivity index (χ1v) is 13.1. The van der Waals surface area contributed by atoms with E-state index in [2.05, 4.69) is 17.3 Å². The number of hydrogen-bond acceptors (Lipinski definition) is 5. The molecular weight excluding hydrogens is 468 g/mol. The molecule has 4 aliphatic rings. The van der Waals surface area contributed by atoms with Crippen molar-refractivity contribution < 1.29 is 18.7 Å². The smallest absolute Gasteiger partial charge is 0.256 e. The lowest BCUT2D eigenvalue weighted by Gasteiger charge is -2.61. The maximum atomic E-state index is 13.3. The van der Waals surface area contributed by atoms with Gasteiger partial charge >= 0.3 is 0 Å². The van der Waals surface area contributed by atoms with E-state index in [4.69, 9.17) is 9.15 Å². The highest BCUT2D eigenvalue weighted by atomic mass is 16.5. The fourth-order valence-electron chi connectivity index (χ4n) is 6.52. The lowest BCUT2D eigenvalue weighted by atomic mass is 9.50. The molecule has 8 rings (SSSR count). The minimum atomic E-state index is -0.0627. The molecule has 2 bridgehead atoms. The Labute approximate surface area is 214 Å². The molecule has 1 aromatic carbocycles. The summed E-state index contributed by atoms with van der Waals surface area (Å²) in [7, 11) is 0. The van der Waals surface area contributed by atoms with E-state index in [-0.39, 0.29) is 23.4 Å². The summed E-state index contributed by atoms with van der Waals surface area (Å²) < 4.78 is 14.0. The minimum absolute atomic E-state index is 0.00960. The van der Waals surface area contributed by atoms with Crippen LogP contribution in [0.15, 0.2) is 41.1 Å². The zero-order chi connectivity index (χ0) is 25.5. The monoisotopic (exact) mass is 498 g/mol. The summed E-state index contributed by atoms with van der Waals surface area (Å²) in [6, 6.07) is 7.59. The van der Waals surface area contributed by atoms with Gasteiger partial charge in [0.1, 0.15) is 22.6 Å². The third kappa shape index (κ3) is 3.38. The number of aromatic nitrogens is 2. The zero-order valence-corrected chi connectivity index (χ0v) is 21.3. The number of nitrogens with zero attached hydrogens (tertiary/aromatic N) is 3. The van der Waals surface area contributed by atoms with Crippen LogP contribution in [0.5, 0.6) is 11.5 Å². The Kier molecular flexibility index (Phi) is 4.75. The first-order chi connectivity index (χ1) is 17.8. The normalized spacial score (nSPS) is 24.2. The van der Waals surface area contributed by atoms with E-state index < -0.39 is 0 Å². The average Bonchev–Trinajstić information content (AvgIpc) is 3.49. The summed E-state index contributed by atoms with van der Waals surface area (Å²) in [6.45, 7) is 6.65. The van der Waals surface area contributed by atoms with Gasteiger partial charge in [-0.25, -0.2) is 4.52 Å². The molecule has 3 saturated carbocycles. The van der Waals surface area contributed by atoms with Crippen molar-refractivity contribution in [2.24, 2.45) is 5.92 Å². The first-order valence-electron chi connectivity index (χ1n) is 13.1. The van der Waals surface area contributed by atoms with Crippen LogP contribution in [0.3, 0.4) is 0 Å². The fourth-order valence-corrected chi connectivity index (χ4v) is 6.52. The van der Waals surface area contributed by atoms with Gasteiger partial charge in [0.25, 0.3) is 11.8 Å². The standard InChI is InChI=1S/C29H30N4O4/c1-16-5-4-10-32(16)28(35)22-15-33-26(17(22)2)23(8-9-30-33)37-20-6-7-21-24(11-20)36-18(3)25(21)27(34)31-29-12-19(13-29)14-29/h6-9,11,15-16,19H,4-5,10,12-14H2,1-3H3,(H,31,34)/t16-,19?,29?/m1/s1.